The van der Waals surface area contributed by atoms with Crippen molar-refractivity contribution < 1.29 is 27.1 Å². The molecule has 2 aliphatic rings. The first-order chi connectivity index (χ1) is 20.2. The van der Waals surface area contributed by atoms with Crippen LogP contribution in [0, 0.1) is 5.82 Å². The van der Waals surface area contributed by atoms with Gasteiger partial charge in [-0.15, -0.1) is 0 Å². The summed E-state index contributed by atoms with van der Waals surface area (Å²) in [6, 6.07) is 19.6. The third-order valence-electron chi connectivity index (χ3n) is 7.38. The topological polar surface area (TPSA) is 124 Å². The Morgan fingerprint density at radius 3 is 2.50 bits per heavy atom. The monoisotopic (exact) mass is 589 g/mol. The number of nitrogens with one attached hydrogen (secondary N) is 1. The lowest BCUT2D eigenvalue weighted by molar-refractivity contribution is 0.0985. The predicted octanol–water partition coefficient (Wildman–Crippen LogP) is 4.98. The highest BCUT2D eigenvalue weighted by Crippen LogP contribution is 2.55. The van der Waals surface area contributed by atoms with E-state index in [0.717, 1.165) is 12.3 Å². The lowest BCUT2D eigenvalue weighted by Crippen LogP contribution is -2.44. The van der Waals surface area contributed by atoms with Crippen molar-refractivity contribution in [3.63, 3.8) is 0 Å². The minimum absolute atomic E-state index is 0.0158. The van der Waals surface area contributed by atoms with Crippen molar-refractivity contribution in [1.82, 2.24) is 15.0 Å². The summed E-state index contributed by atoms with van der Waals surface area (Å²) in [5.74, 6) is 0.737. The van der Waals surface area contributed by atoms with Crippen LogP contribution in [0.25, 0.3) is 11.4 Å². The van der Waals surface area contributed by atoms with Crippen molar-refractivity contribution >= 4 is 27.4 Å². The summed E-state index contributed by atoms with van der Waals surface area (Å²) in [6.45, 7) is 3.63. The molecule has 216 valence electrons. The Balaban J connectivity index is 1.33. The number of anilines is 2. The van der Waals surface area contributed by atoms with E-state index in [0.29, 0.717) is 66.9 Å². The summed E-state index contributed by atoms with van der Waals surface area (Å²) in [4.78, 5) is 27.8. The summed E-state index contributed by atoms with van der Waals surface area (Å²) in [7, 11) is -3.98. The van der Waals surface area contributed by atoms with Gasteiger partial charge in [-0.05, 0) is 68.3 Å². The van der Waals surface area contributed by atoms with Gasteiger partial charge < -0.3 is 14.4 Å². The number of para-hydroxylation sites is 1. The molecule has 10 nitrogen and oxygen atoms in total. The van der Waals surface area contributed by atoms with Crippen molar-refractivity contribution in [3.8, 4) is 17.1 Å². The van der Waals surface area contributed by atoms with Gasteiger partial charge in [-0.2, -0.15) is 0 Å². The average Bonchev–Trinajstić information content (AvgIpc) is 3.81. The molecule has 1 atom stereocenters. The second-order valence-electron chi connectivity index (χ2n) is 10.3. The highest BCUT2D eigenvalue weighted by molar-refractivity contribution is 7.92. The second-order valence-corrected chi connectivity index (χ2v) is 12.5. The first kappa shape index (κ1) is 27.7. The van der Waals surface area contributed by atoms with Gasteiger partial charge in [-0.1, -0.05) is 18.2 Å². The van der Waals surface area contributed by atoms with E-state index >= 15 is 0 Å². The maximum Gasteiger partial charge on any atom is 0.417 e. The number of nitrogens with zero attached hydrogens (tertiary/aromatic N) is 4. The number of sulfone groups is 1. The Morgan fingerprint density at radius 2 is 1.83 bits per heavy atom. The first-order valence-corrected chi connectivity index (χ1v) is 15.0. The van der Waals surface area contributed by atoms with E-state index in [9.17, 15) is 17.6 Å². The lowest BCUT2D eigenvalue weighted by Gasteiger charge is -2.34. The largest absolute Gasteiger partial charge is 0.417 e. The van der Waals surface area contributed by atoms with Crippen LogP contribution in [0.2, 0.25) is 0 Å². The van der Waals surface area contributed by atoms with Gasteiger partial charge in [0.15, 0.2) is 10.9 Å². The van der Waals surface area contributed by atoms with E-state index in [1.165, 1.54) is 6.07 Å². The Labute approximate surface area is 242 Å². The van der Waals surface area contributed by atoms with Crippen LogP contribution < -0.4 is 15.0 Å². The van der Waals surface area contributed by atoms with Gasteiger partial charge in [0.25, 0.3) is 0 Å². The molecule has 4 aromatic rings. The molecule has 3 heterocycles. The normalized spacial score (nSPS) is 17.9. The summed E-state index contributed by atoms with van der Waals surface area (Å²) < 4.78 is 50.7. The molecule has 0 spiro atoms. The molecule has 0 unspecified atom stereocenters. The SMILES string of the molecule is C[C@H]1COCCN1c1cc(C2(S(=O)(=O)c3ccc(F)cn3)CC2)nc(-c2ccc(NC(=O)Oc3ccccc3)cc2)n1. The summed E-state index contributed by atoms with van der Waals surface area (Å²) in [5.41, 5.74) is 1.50. The van der Waals surface area contributed by atoms with Gasteiger partial charge in [0.05, 0.1) is 31.1 Å². The first-order valence-electron chi connectivity index (χ1n) is 13.5. The zero-order valence-corrected chi connectivity index (χ0v) is 23.6. The fraction of sp³-hybridized carbons (Fsp3) is 0.267. The molecule has 1 amide bonds. The van der Waals surface area contributed by atoms with Crippen LogP contribution in [0.5, 0.6) is 5.75 Å². The number of amides is 1. The number of carbonyl (C=O) groups excluding carboxylic acids is 1. The zero-order chi connectivity index (χ0) is 29.3. The number of hydrogen-bond acceptors (Lipinski definition) is 9. The van der Waals surface area contributed by atoms with Gasteiger partial charge in [0.1, 0.15) is 22.1 Å². The van der Waals surface area contributed by atoms with Gasteiger partial charge >= 0.3 is 6.09 Å². The molecule has 2 fully saturated rings. The maximum atomic E-state index is 13.8. The van der Waals surface area contributed by atoms with Gasteiger partial charge in [0.2, 0.25) is 9.84 Å². The Hall–Kier alpha value is -4.42. The Kier molecular flexibility index (Phi) is 7.33. The van der Waals surface area contributed by atoms with Gasteiger partial charge in [0, 0.05) is 23.9 Å². The van der Waals surface area contributed by atoms with E-state index < -0.39 is 26.5 Å². The summed E-state index contributed by atoms with van der Waals surface area (Å²) in [6.07, 6.45) is 0.983. The maximum absolute atomic E-state index is 13.8. The average molecular weight is 590 g/mol. The zero-order valence-electron chi connectivity index (χ0n) is 22.7. The number of rotatable bonds is 7. The molecule has 2 aromatic carbocycles. The van der Waals surface area contributed by atoms with Crippen molar-refractivity contribution in [2.45, 2.75) is 35.6 Å². The Bertz CT molecular complexity index is 1700. The summed E-state index contributed by atoms with van der Waals surface area (Å²) >= 11 is 0. The van der Waals surface area contributed by atoms with Crippen LogP contribution in [0.4, 0.5) is 20.7 Å². The van der Waals surface area contributed by atoms with Crippen molar-refractivity contribution in [2.24, 2.45) is 0 Å². The van der Waals surface area contributed by atoms with Crippen LogP contribution in [0.3, 0.4) is 0 Å². The molecule has 6 rings (SSSR count). The quantitative estimate of drug-likeness (QED) is 0.318. The fourth-order valence-electron chi connectivity index (χ4n) is 4.95. The molecule has 12 heteroatoms. The van der Waals surface area contributed by atoms with Crippen molar-refractivity contribution in [1.29, 1.82) is 0 Å². The van der Waals surface area contributed by atoms with E-state index in [1.54, 1.807) is 54.6 Å². The predicted molar refractivity (Wildman–Crippen MR) is 153 cm³/mol. The molecule has 2 aromatic heterocycles. The van der Waals surface area contributed by atoms with Crippen LogP contribution in [-0.2, 0) is 19.3 Å². The minimum Gasteiger partial charge on any atom is -0.410 e. The van der Waals surface area contributed by atoms with Gasteiger partial charge in [-0.25, -0.2) is 32.6 Å². The second kappa shape index (κ2) is 11.1. The number of aromatic nitrogens is 3. The molecule has 0 bridgehead atoms. The van der Waals surface area contributed by atoms with Crippen LogP contribution in [-0.4, -0.2) is 55.3 Å². The molecule has 0 radical (unpaired) electrons. The van der Waals surface area contributed by atoms with Gasteiger partial charge in [-0.3, -0.25) is 5.32 Å². The van der Waals surface area contributed by atoms with Crippen molar-refractivity contribution in [2.75, 3.05) is 30.0 Å². The molecular formula is C30H28FN5O5S. The van der Waals surface area contributed by atoms with E-state index in [1.807, 2.05) is 13.0 Å². The molecule has 1 saturated heterocycles. The fourth-order valence-corrected chi connectivity index (χ4v) is 6.81. The number of hydrogen-bond donors (Lipinski definition) is 1. The minimum atomic E-state index is -3.98. The van der Waals surface area contributed by atoms with Crippen molar-refractivity contribution in [3.05, 3.63) is 90.5 Å². The smallest absolute Gasteiger partial charge is 0.410 e. The number of ether oxygens (including phenoxy) is 2. The molecule has 1 saturated carbocycles. The number of pyridine rings is 1. The molecular weight excluding hydrogens is 561 g/mol. The standard InChI is InChI=1S/C30H28FN5O5S/c1-20-19-40-16-15-36(20)26-17-25(30(13-14-30)42(38,39)27-12-9-22(31)18-32-27)34-28(35-26)21-7-10-23(11-8-21)33-29(37)41-24-5-3-2-4-6-24/h2-12,17-18,20H,13-16,19H2,1H3,(H,33,37)/t20-/m0/s1. The summed E-state index contributed by atoms with van der Waals surface area (Å²) in [5, 5.41) is 2.49. The lowest BCUT2D eigenvalue weighted by atomic mass is 10.1. The highest BCUT2D eigenvalue weighted by atomic mass is 32.2. The number of benzene rings is 2. The Morgan fingerprint density at radius 1 is 1.07 bits per heavy atom. The third kappa shape index (κ3) is 5.42. The van der Waals surface area contributed by atoms with Crippen LogP contribution in [0.15, 0.2) is 84.0 Å². The number of halogens is 1. The molecule has 1 N–H and O–H groups in total. The molecule has 42 heavy (non-hydrogen) atoms. The van der Waals surface area contributed by atoms with Crippen LogP contribution in [0.1, 0.15) is 25.5 Å². The third-order valence-corrected chi connectivity index (χ3v) is 9.82. The highest BCUT2D eigenvalue weighted by Gasteiger charge is 2.58. The molecule has 1 aliphatic carbocycles. The van der Waals surface area contributed by atoms with Crippen LogP contribution >= 0.6 is 0 Å². The molecule has 1 aliphatic heterocycles. The number of carbonyl (C=O) groups is 1. The van der Waals surface area contributed by atoms with E-state index in [4.69, 9.17) is 19.4 Å². The van der Waals surface area contributed by atoms with E-state index in [-0.39, 0.29) is 11.1 Å². The number of morpholine rings is 1. The van der Waals surface area contributed by atoms with E-state index in [2.05, 4.69) is 15.2 Å².